The van der Waals surface area contributed by atoms with E-state index in [9.17, 15) is 14.7 Å². The van der Waals surface area contributed by atoms with Crippen molar-refractivity contribution in [2.45, 2.75) is 13.5 Å². The van der Waals surface area contributed by atoms with E-state index in [4.69, 9.17) is 21.1 Å². The molecule has 10 heteroatoms. The van der Waals surface area contributed by atoms with E-state index in [2.05, 4.69) is 20.9 Å². The first-order valence-electron chi connectivity index (χ1n) is 11.2. The molecule has 37 heavy (non-hydrogen) atoms. The number of likely N-dealkylation sites (N-methyl/N-ethyl adjacent to an activating group) is 1. The maximum Gasteiger partial charge on any atom is 0.335 e. The Morgan fingerprint density at radius 1 is 1.19 bits per heavy atom. The van der Waals surface area contributed by atoms with Crippen molar-refractivity contribution in [1.82, 2.24) is 4.90 Å². The summed E-state index contributed by atoms with van der Waals surface area (Å²) in [4.78, 5) is 31.0. The van der Waals surface area contributed by atoms with Crippen LogP contribution in [0.5, 0.6) is 11.5 Å². The molecule has 1 aliphatic rings. The summed E-state index contributed by atoms with van der Waals surface area (Å²) in [5.41, 5.74) is 2.29. The molecule has 0 bridgehead atoms. The SMILES string of the molecule is CCN1C(=O)/C(=C/c2cc(Br)c(OCc3ccc(Cl)cc3)c(OC)c2)SC1=Nc1cccc(C(=O)O)c1. The fourth-order valence-corrected chi connectivity index (χ4v) is 5.30. The summed E-state index contributed by atoms with van der Waals surface area (Å²) in [6, 6.07) is 17.3. The van der Waals surface area contributed by atoms with Gasteiger partial charge in [0, 0.05) is 11.6 Å². The fourth-order valence-electron chi connectivity index (χ4n) is 3.54. The summed E-state index contributed by atoms with van der Waals surface area (Å²) in [5, 5.41) is 10.4. The molecule has 3 aromatic rings. The van der Waals surface area contributed by atoms with Crippen LogP contribution in [0.25, 0.3) is 6.08 Å². The van der Waals surface area contributed by atoms with Gasteiger partial charge in [0.25, 0.3) is 5.91 Å². The lowest BCUT2D eigenvalue weighted by Gasteiger charge is -2.14. The number of benzene rings is 3. The maximum atomic E-state index is 13.1. The smallest absolute Gasteiger partial charge is 0.335 e. The van der Waals surface area contributed by atoms with Crippen LogP contribution < -0.4 is 9.47 Å². The third-order valence-corrected chi connectivity index (χ3v) is 7.22. The zero-order valence-corrected chi connectivity index (χ0v) is 23.1. The summed E-state index contributed by atoms with van der Waals surface area (Å²) in [5.74, 6) is -0.165. The average molecular weight is 602 g/mol. The van der Waals surface area contributed by atoms with E-state index in [-0.39, 0.29) is 11.5 Å². The van der Waals surface area contributed by atoms with Gasteiger partial charge in [0.05, 0.1) is 27.7 Å². The molecule has 190 valence electrons. The normalized spacial score (nSPS) is 15.5. The minimum atomic E-state index is -1.04. The Hall–Kier alpha value is -3.27. The predicted octanol–water partition coefficient (Wildman–Crippen LogP) is 7.01. The number of aliphatic imine (C=N–C) groups is 1. The Kier molecular flexibility index (Phi) is 8.58. The highest BCUT2D eigenvalue weighted by Gasteiger charge is 2.32. The Morgan fingerprint density at radius 2 is 1.95 bits per heavy atom. The van der Waals surface area contributed by atoms with Gasteiger partial charge in [0.1, 0.15) is 6.61 Å². The molecule has 0 spiro atoms. The zero-order chi connectivity index (χ0) is 26.5. The summed E-state index contributed by atoms with van der Waals surface area (Å²) >= 11 is 10.7. The Labute approximate surface area is 231 Å². The third kappa shape index (κ3) is 6.36. The number of hydrogen-bond acceptors (Lipinski definition) is 6. The number of nitrogens with zero attached hydrogens (tertiary/aromatic N) is 2. The second-order valence-electron chi connectivity index (χ2n) is 7.86. The number of carbonyl (C=O) groups excluding carboxylic acids is 1. The summed E-state index contributed by atoms with van der Waals surface area (Å²) in [6.07, 6.45) is 1.77. The number of ether oxygens (including phenoxy) is 2. The van der Waals surface area contributed by atoms with Crippen LogP contribution in [-0.4, -0.2) is 40.7 Å². The fraction of sp³-hybridized carbons (Fsp3) is 0.148. The number of rotatable bonds is 8. The van der Waals surface area contributed by atoms with Gasteiger partial charge < -0.3 is 14.6 Å². The molecular formula is C27H22BrClN2O5S. The molecule has 1 saturated heterocycles. The van der Waals surface area contributed by atoms with E-state index in [0.29, 0.717) is 49.9 Å². The molecule has 1 heterocycles. The first-order valence-corrected chi connectivity index (χ1v) is 13.2. The lowest BCUT2D eigenvalue weighted by molar-refractivity contribution is -0.122. The predicted molar refractivity (Wildman–Crippen MR) is 150 cm³/mol. The van der Waals surface area contributed by atoms with Crippen molar-refractivity contribution in [1.29, 1.82) is 0 Å². The first-order chi connectivity index (χ1) is 17.8. The number of carboxylic acids is 1. The van der Waals surface area contributed by atoms with Gasteiger partial charge in [-0.3, -0.25) is 9.69 Å². The van der Waals surface area contributed by atoms with Crippen molar-refractivity contribution in [3.8, 4) is 11.5 Å². The van der Waals surface area contributed by atoms with Crippen LogP contribution in [0, 0.1) is 0 Å². The number of amidine groups is 1. The third-order valence-electron chi connectivity index (χ3n) is 5.37. The van der Waals surface area contributed by atoms with E-state index in [1.54, 1.807) is 48.4 Å². The van der Waals surface area contributed by atoms with Crippen LogP contribution in [0.1, 0.15) is 28.4 Å². The number of halogens is 2. The van der Waals surface area contributed by atoms with Gasteiger partial charge in [0.15, 0.2) is 16.7 Å². The average Bonchev–Trinajstić information content (AvgIpc) is 3.17. The lowest BCUT2D eigenvalue weighted by Crippen LogP contribution is -2.28. The van der Waals surface area contributed by atoms with Gasteiger partial charge in [0.2, 0.25) is 0 Å². The number of methoxy groups -OCH3 is 1. The van der Waals surface area contributed by atoms with Crippen LogP contribution in [0.4, 0.5) is 5.69 Å². The van der Waals surface area contributed by atoms with Crippen molar-refractivity contribution in [3.05, 3.63) is 91.8 Å². The maximum absolute atomic E-state index is 13.1. The van der Waals surface area contributed by atoms with Gasteiger partial charge in [-0.15, -0.1) is 0 Å². The monoisotopic (exact) mass is 600 g/mol. The van der Waals surface area contributed by atoms with E-state index < -0.39 is 5.97 Å². The molecule has 1 aliphatic heterocycles. The molecule has 7 nitrogen and oxygen atoms in total. The van der Waals surface area contributed by atoms with Crippen molar-refractivity contribution >= 4 is 68.1 Å². The molecule has 0 unspecified atom stereocenters. The van der Waals surface area contributed by atoms with E-state index in [1.165, 1.54) is 23.9 Å². The van der Waals surface area contributed by atoms with E-state index in [0.717, 1.165) is 11.1 Å². The second-order valence-corrected chi connectivity index (χ2v) is 10.2. The molecule has 3 aromatic carbocycles. The standard InChI is InChI=1S/C27H22BrClN2O5S/c1-3-31-25(32)23(37-27(31)30-20-6-4-5-18(14-20)26(33)34)13-17-11-21(28)24(22(12-17)35-2)36-15-16-7-9-19(29)10-8-16/h4-14H,3,15H2,1-2H3,(H,33,34)/b23-13-,30-27?. The minimum absolute atomic E-state index is 0.130. The molecule has 0 aromatic heterocycles. The molecule has 1 amide bonds. The largest absolute Gasteiger partial charge is 0.493 e. The van der Waals surface area contributed by atoms with Gasteiger partial charge in [-0.2, -0.15) is 0 Å². The highest BCUT2D eigenvalue weighted by molar-refractivity contribution is 9.10. The minimum Gasteiger partial charge on any atom is -0.493 e. The van der Waals surface area contributed by atoms with Crippen LogP contribution in [0.2, 0.25) is 5.02 Å². The Balaban J connectivity index is 1.59. The van der Waals surface area contributed by atoms with Crippen molar-refractivity contribution in [3.63, 3.8) is 0 Å². The molecular weight excluding hydrogens is 580 g/mol. The summed E-state index contributed by atoms with van der Waals surface area (Å²) in [7, 11) is 1.55. The molecule has 1 fully saturated rings. The number of carbonyl (C=O) groups is 2. The van der Waals surface area contributed by atoms with Crippen molar-refractivity contribution in [2.75, 3.05) is 13.7 Å². The number of amides is 1. The molecule has 0 atom stereocenters. The van der Waals surface area contributed by atoms with Crippen LogP contribution in [-0.2, 0) is 11.4 Å². The highest BCUT2D eigenvalue weighted by Crippen LogP contribution is 2.40. The van der Waals surface area contributed by atoms with Crippen LogP contribution in [0.15, 0.2) is 75.0 Å². The van der Waals surface area contributed by atoms with Gasteiger partial charge in [-0.25, -0.2) is 9.79 Å². The van der Waals surface area contributed by atoms with Gasteiger partial charge in [-0.1, -0.05) is 29.8 Å². The number of carboxylic acid groups (broad SMARTS) is 1. The highest BCUT2D eigenvalue weighted by atomic mass is 79.9. The topological polar surface area (TPSA) is 88.4 Å². The number of hydrogen-bond donors (Lipinski definition) is 1. The van der Waals surface area contributed by atoms with Crippen molar-refractivity contribution in [2.24, 2.45) is 4.99 Å². The first kappa shape index (κ1) is 26.8. The van der Waals surface area contributed by atoms with Crippen molar-refractivity contribution < 1.29 is 24.2 Å². The van der Waals surface area contributed by atoms with Crippen LogP contribution in [0.3, 0.4) is 0 Å². The number of aromatic carboxylic acids is 1. The molecule has 1 N–H and O–H groups in total. The quantitative estimate of drug-likeness (QED) is 0.279. The van der Waals surface area contributed by atoms with E-state index >= 15 is 0 Å². The molecule has 4 rings (SSSR count). The molecule has 0 aliphatic carbocycles. The Bertz CT molecular complexity index is 1410. The van der Waals surface area contributed by atoms with Crippen LogP contribution >= 0.6 is 39.3 Å². The van der Waals surface area contributed by atoms with Gasteiger partial charge >= 0.3 is 5.97 Å². The summed E-state index contributed by atoms with van der Waals surface area (Å²) < 4.78 is 12.2. The molecule has 0 saturated carbocycles. The lowest BCUT2D eigenvalue weighted by atomic mass is 10.1. The Morgan fingerprint density at radius 3 is 2.62 bits per heavy atom. The second kappa shape index (κ2) is 11.9. The number of thioether (sulfide) groups is 1. The summed E-state index contributed by atoms with van der Waals surface area (Å²) in [6.45, 7) is 2.61. The molecule has 0 radical (unpaired) electrons. The van der Waals surface area contributed by atoms with E-state index in [1.807, 2.05) is 25.1 Å². The van der Waals surface area contributed by atoms with Gasteiger partial charge in [-0.05, 0) is 94.3 Å². The zero-order valence-electron chi connectivity index (χ0n) is 19.9.